The molecule has 136 valence electrons. The molecule has 1 unspecified atom stereocenters. The highest BCUT2D eigenvalue weighted by Crippen LogP contribution is 2.33. The molecule has 5 nitrogen and oxygen atoms in total. The first-order chi connectivity index (χ1) is 12.6. The van der Waals surface area contributed by atoms with Crippen LogP contribution in [0.1, 0.15) is 23.4 Å². The fraction of sp³-hybridized carbons (Fsp3) is 0.368. The van der Waals surface area contributed by atoms with E-state index >= 15 is 0 Å². The maximum absolute atomic E-state index is 5.66. The summed E-state index contributed by atoms with van der Waals surface area (Å²) in [4.78, 5) is 3.94. The monoisotopic (exact) mass is 386 g/mol. The molecular formula is C19H22N4OS2. The number of ether oxygens (including phenoxy) is 1. The number of thiophene rings is 1. The highest BCUT2D eigenvalue weighted by molar-refractivity contribution is 7.71. The van der Waals surface area contributed by atoms with E-state index < -0.39 is 0 Å². The molecule has 4 rings (SSSR count). The predicted molar refractivity (Wildman–Crippen MR) is 107 cm³/mol. The second kappa shape index (κ2) is 6.98. The normalized spacial score (nSPS) is 17.3. The Bertz CT molecular complexity index is 988. The van der Waals surface area contributed by atoms with Gasteiger partial charge in [-0.2, -0.15) is 5.10 Å². The van der Waals surface area contributed by atoms with Crippen LogP contribution in [0.2, 0.25) is 0 Å². The molecule has 0 N–H and O–H groups in total. The highest BCUT2D eigenvalue weighted by Gasteiger charge is 2.25. The molecule has 7 heteroatoms. The number of rotatable bonds is 4. The molecule has 0 amide bonds. The van der Waals surface area contributed by atoms with Crippen molar-refractivity contribution < 1.29 is 4.74 Å². The summed E-state index contributed by atoms with van der Waals surface area (Å²) in [6, 6.07) is 10.5. The van der Waals surface area contributed by atoms with Crippen LogP contribution in [-0.4, -0.2) is 32.9 Å². The van der Waals surface area contributed by atoms with Gasteiger partial charge in [0.25, 0.3) is 0 Å². The predicted octanol–water partition coefficient (Wildman–Crippen LogP) is 4.26. The Kier molecular flexibility index (Phi) is 4.69. The molecule has 0 radical (unpaired) electrons. The van der Waals surface area contributed by atoms with Gasteiger partial charge in [0.2, 0.25) is 0 Å². The quantitative estimate of drug-likeness (QED) is 0.628. The van der Waals surface area contributed by atoms with Crippen LogP contribution in [-0.2, 0) is 20.1 Å². The molecule has 1 aliphatic rings. The lowest BCUT2D eigenvalue weighted by atomic mass is 10.0. The van der Waals surface area contributed by atoms with Crippen molar-refractivity contribution in [1.29, 1.82) is 0 Å². The molecule has 0 aliphatic carbocycles. The van der Waals surface area contributed by atoms with Crippen LogP contribution in [0.4, 0.5) is 0 Å². The average Bonchev–Trinajstić information content (AvgIpc) is 3.25. The minimum atomic E-state index is 0.378. The molecule has 1 aromatic carbocycles. The van der Waals surface area contributed by atoms with Crippen molar-refractivity contribution in [2.75, 3.05) is 13.7 Å². The van der Waals surface area contributed by atoms with E-state index in [4.69, 9.17) is 22.1 Å². The SMILES string of the molecule is COc1ccccc1-c1nn(CN2CCc3sccc3C2C)c(=S)n1C. The number of fused-ring (bicyclic) bond motifs is 1. The van der Waals surface area contributed by atoms with Crippen molar-refractivity contribution in [1.82, 2.24) is 19.2 Å². The number of aromatic nitrogens is 3. The van der Waals surface area contributed by atoms with Gasteiger partial charge in [-0.1, -0.05) is 12.1 Å². The lowest BCUT2D eigenvalue weighted by Crippen LogP contribution is -2.35. The summed E-state index contributed by atoms with van der Waals surface area (Å²) in [5.74, 6) is 1.63. The Morgan fingerprint density at radius 3 is 2.92 bits per heavy atom. The lowest BCUT2D eigenvalue weighted by Gasteiger charge is -2.33. The topological polar surface area (TPSA) is 35.2 Å². The number of para-hydroxylation sites is 1. The molecule has 3 heterocycles. The number of nitrogens with zero attached hydrogens (tertiary/aromatic N) is 4. The molecule has 0 saturated heterocycles. The average molecular weight is 387 g/mol. The summed E-state index contributed by atoms with van der Waals surface area (Å²) in [5.41, 5.74) is 2.39. The molecule has 0 fully saturated rings. The highest BCUT2D eigenvalue weighted by atomic mass is 32.1. The van der Waals surface area contributed by atoms with Crippen LogP contribution >= 0.6 is 23.6 Å². The van der Waals surface area contributed by atoms with Gasteiger partial charge in [0, 0.05) is 24.5 Å². The molecule has 3 aromatic rings. The van der Waals surface area contributed by atoms with Gasteiger partial charge in [0.05, 0.1) is 19.3 Å². The van der Waals surface area contributed by atoms with E-state index in [-0.39, 0.29) is 0 Å². The zero-order valence-electron chi connectivity index (χ0n) is 15.2. The van der Waals surface area contributed by atoms with Crippen molar-refractivity contribution in [3.63, 3.8) is 0 Å². The Morgan fingerprint density at radius 1 is 1.31 bits per heavy atom. The number of benzene rings is 1. The van der Waals surface area contributed by atoms with Gasteiger partial charge in [-0.15, -0.1) is 11.3 Å². The van der Waals surface area contributed by atoms with Gasteiger partial charge >= 0.3 is 0 Å². The largest absolute Gasteiger partial charge is 0.496 e. The Hall–Kier alpha value is -1.96. The fourth-order valence-corrected chi connectivity index (χ4v) is 4.72. The number of hydrogen-bond acceptors (Lipinski definition) is 5. The van der Waals surface area contributed by atoms with Gasteiger partial charge in [-0.05, 0) is 54.7 Å². The second-order valence-electron chi connectivity index (χ2n) is 6.54. The van der Waals surface area contributed by atoms with Crippen molar-refractivity contribution in [2.45, 2.75) is 26.1 Å². The minimum Gasteiger partial charge on any atom is -0.496 e. The lowest BCUT2D eigenvalue weighted by molar-refractivity contribution is 0.144. The van der Waals surface area contributed by atoms with Crippen molar-refractivity contribution >= 4 is 23.6 Å². The molecule has 0 bridgehead atoms. The zero-order chi connectivity index (χ0) is 18.3. The van der Waals surface area contributed by atoms with Gasteiger partial charge in [-0.3, -0.25) is 4.90 Å². The maximum Gasteiger partial charge on any atom is 0.199 e. The third-order valence-electron chi connectivity index (χ3n) is 5.11. The maximum atomic E-state index is 5.66. The van der Waals surface area contributed by atoms with E-state index in [1.807, 2.05) is 51.9 Å². The van der Waals surface area contributed by atoms with Gasteiger partial charge in [0.1, 0.15) is 5.75 Å². The van der Waals surface area contributed by atoms with Crippen LogP contribution in [0.3, 0.4) is 0 Å². The van der Waals surface area contributed by atoms with Crippen molar-refractivity contribution in [3.05, 3.63) is 50.9 Å². The smallest absolute Gasteiger partial charge is 0.199 e. The van der Waals surface area contributed by atoms with E-state index in [0.717, 1.165) is 30.1 Å². The third kappa shape index (κ3) is 2.90. The molecule has 2 aromatic heterocycles. The molecule has 0 saturated carbocycles. The molecule has 26 heavy (non-hydrogen) atoms. The van der Waals surface area contributed by atoms with E-state index in [0.29, 0.717) is 17.5 Å². The first-order valence-corrected chi connectivity index (χ1v) is 9.96. The van der Waals surface area contributed by atoms with Crippen LogP contribution < -0.4 is 4.74 Å². The summed E-state index contributed by atoms with van der Waals surface area (Å²) >= 11 is 7.52. The summed E-state index contributed by atoms with van der Waals surface area (Å²) in [5, 5.41) is 7.01. The number of hydrogen-bond donors (Lipinski definition) is 0. The van der Waals surface area contributed by atoms with Crippen LogP contribution in [0.25, 0.3) is 11.4 Å². The standard InChI is InChI=1S/C19H22N4OS2/c1-13-14-9-11-26-17(14)8-10-22(13)12-23-19(25)21(2)18(20-23)15-6-4-5-7-16(15)24-3/h4-7,9,11,13H,8,10,12H2,1-3H3. The zero-order valence-corrected chi connectivity index (χ0v) is 16.8. The van der Waals surface area contributed by atoms with Crippen LogP contribution in [0.15, 0.2) is 35.7 Å². The van der Waals surface area contributed by atoms with Crippen LogP contribution in [0.5, 0.6) is 5.75 Å². The summed E-state index contributed by atoms with van der Waals surface area (Å²) in [6.07, 6.45) is 1.09. The van der Waals surface area contributed by atoms with Gasteiger partial charge in [-0.25, -0.2) is 4.68 Å². The van der Waals surface area contributed by atoms with Crippen LogP contribution in [0, 0.1) is 4.77 Å². The molecule has 0 spiro atoms. The van der Waals surface area contributed by atoms with E-state index in [9.17, 15) is 0 Å². The van der Waals surface area contributed by atoms with Gasteiger partial charge < -0.3 is 9.30 Å². The molecular weight excluding hydrogens is 364 g/mol. The summed E-state index contributed by atoms with van der Waals surface area (Å²) in [6.45, 7) is 3.98. The van der Waals surface area contributed by atoms with E-state index in [2.05, 4.69) is 23.3 Å². The second-order valence-corrected chi connectivity index (χ2v) is 7.91. The third-order valence-corrected chi connectivity index (χ3v) is 6.59. The van der Waals surface area contributed by atoms with E-state index in [1.165, 1.54) is 10.4 Å². The molecule has 1 aliphatic heterocycles. The first-order valence-electron chi connectivity index (χ1n) is 8.67. The Labute approximate surface area is 162 Å². The fourth-order valence-electron chi connectivity index (χ4n) is 3.57. The summed E-state index contributed by atoms with van der Waals surface area (Å²) < 4.78 is 10.1. The van der Waals surface area contributed by atoms with Crippen molar-refractivity contribution in [2.24, 2.45) is 7.05 Å². The minimum absolute atomic E-state index is 0.378. The summed E-state index contributed by atoms with van der Waals surface area (Å²) in [7, 11) is 3.64. The van der Waals surface area contributed by atoms with Gasteiger partial charge in [0.15, 0.2) is 10.6 Å². The van der Waals surface area contributed by atoms with E-state index in [1.54, 1.807) is 7.11 Å². The Balaban J connectivity index is 1.66. The first kappa shape index (κ1) is 17.5. The van der Waals surface area contributed by atoms with Crippen molar-refractivity contribution in [3.8, 4) is 17.1 Å². The molecule has 1 atom stereocenters. The number of methoxy groups -OCH3 is 1. The Morgan fingerprint density at radius 2 is 2.12 bits per heavy atom.